The minimum Gasteiger partial charge on any atom is -0.225 e. The molecule has 0 atom stereocenters. The Hall–Kier alpha value is -0.365. The fourth-order valence-corrected chi connectivity index (χ4v) is 0.794. The van der Waals surface area contributed by atoms with E-state index in [1.54, 1.807) is 0 Å². The predicted octanol–water partition coefficient (Wildman–Crippen LogP) is 0.593. The molecule has 1 aromatic carbocycles. The lowest BCUT2D eigenvalue weighted by atomic mass is 9.95. The minimum absolute atomic E-state index is 0.834. The minimum atomic E-state index is 0.834. The van der Waals surface area contributed by atoms with Crippen LogP contribution in [0.1, 0.15) is 0 Å². The van der Waals surface area contributed by atoms with E-state index in [0.717, 1.165) is 6.56 Å². The van der Waals surface area contributed by atoms with Crippen molar-refractivity contribution >= 4 is 24.5 Å². The molecule has 0 heterocycles. The summed E-state index contributed by atoms with van der Waals surface area (Å²) in [5.41, 5.74) is 1.27. The average molecular weight is 122 g/mol. The van der Waals surface area contributed by atoms with E-state index in [2.05, 4.69) is 24.6 Å². The molecule has 0 saturated heterocycles. The second-order valence-electron chi connectivity index (χ2n) is 1.64. The Kier molecular flexibility index (Phi) is 2.04. The van der Waals surface area contributed by atoms with Crippen LogP contribution < -0.4 is 5.46 Å². The molecule has 0 spiro atoms. The van der Waals surface area contributed by atoms with Crippen molar-refractivity contribution in [2.75, 3.05) is 0 Å². The third kappa shape index (κ3) is 1.30. The van der Waals surface area contributed by atoms with Crippen molar-refractivity contribution in [2.45, 2.75) is 0 Å². The smallest absolute Gasteiger partial charge is 0.220 e. The van der Waals surface area contributed by atoms with Gasteiger partial charge in [0.2, 0.25) is 6.56 Å². The van der Waals surface area contributed by atoms with E-state index in [9.17, 15) is 0 Å². The van der Waals surface area contributed by atoms with Crippen molar-refractivity contribution in [3.63, 3.8) is 0 Å². The maximum absolute atomic E-state index is 4.11. The first-order valence-electron chi connectivity index (χ1n) is 2.58. The van der Waals surface area contributed by atoms with Gasteiger partial charge in [0.25, 0.3) is 0 Å². The Bertz CT molecular complexity index is 150. The van der Waals surface area contributed by atoms with E-state index in [-0.39, 0.29) is 0 Å². The maximum Gasteiger partial charge on any atom is 0.220 e. The highest BCUT2D eigenvalue weighted by molar-refractivity contribution is 8.08. The summed E-state index contributed by atoms with van der Waals surface area (Å²) in [6.07, 6.45) is 0. The van der Waals surface area contributed by atoms with Crippen LogP contribution in [0.4, 0.5) is 0 Å². The van der Waals surface area contributed by atoms with Crippen LogP contribution in [0.5, 0.6) is 0 Å². The zero-order chi connectivity index (χ0) is 5.82. The van der Waals surface area contributed by atoms with Crippen molar-refractivity contribution < 1.29 is 0 Å². The van der Waals surface area contributed by atoms with Gasteiger partial charge in [0.15, 0.2) is 0 Å². The predicted molar refractivity (Wildman–Crippen MR) is 42.2 cm³/mol. The van der Waals surface area contributed by atoms with Gasteiger partial charge >= 0.3 is 0 Å². The number of thiol groups is 1. The SMILES string of the molecule is SBc1ccccc1. The molecule has 0 unspecified atom stereocenters. The van der Waals surface area contributed by atoms with Crippen LogP contribution >= 0.6 is 12.5 Å². The van der Waals surface area contributed by atoms with Gasteiger partial charge < -0.3 is 0 Å². The topological polar surface area (TPSA) is 0 Å². The molecule has 0 amide bonds. The molecule has 40 valence electrons. The van der Waals surface area contributed by atoms with Crippen LogP contribution in [0, 0.1) is 0 Å². The summed E-state index contributed by atoms with van der Waals surface area (Å²) in [4.78, 5) is 0. The highest BCUT2D eigenvalue weighted by atomic mass is 32.1. The summed E-state index contributed by atoms with van der Waals surface area (Å²) >= 11 is 4.11. The summed E-state index contributed by atoms with van der Waals surface area (Å²) in [5, 5.41) is 0. The van der Waals surface area contributed by atoms with E-state index in [4.69, 9.17) is 0 Å². The van der Waals surface area contributed by atoms with Crippen molar-refractivity contribution in [3.05, 3.63) is 30.3 Å². The quantitative estimate of drug-likeness (QED) is 0.409. The lowest BCUT2D eigenvalue weighted by Gasteiger charge is -1.87. The molecule has 2 heteroatoms. The van der Waals surface area contributed by atoms with Gasteiger partial charge in [-0.25, -0.2) is 12.5 Å². The van der Waals surface area contributed by atoms with Crippen molar-refractivity contribution in [3.8, 4) is 0 Å². The van der Waals surface area contributed by atoms with Gasteiger partial charge in [-0.1, -0.05) is 35.8 Å². The van der Waals surface area contributed by atoms with E-state index >= 15 is 0 Å². The summed E-state index contributed by atoms with van der Waals surface area (Å²) in [5.74, 6) is 0. The van der Waals surface area contributed by atoms with Gasteiger partial charge in [-0.2, -0.15) is 0 Å². The van der Waals surface area contributed by atoms with Crippen molar-refractivity contribution in [1.82, 2.24) is 0 Å². The van der Waals surface area contributed by atoms with Crippen LogP contribution in [-0.4, -0.2) is 6.56 Å². The van der Waals surface area contributed by atoms with Crippen LogP contribution in [0.15, 0.2) is 30.3 Å². The first-order chi connectivity index (χ1) is 3.93. The molecule has 0 aliphatic rings. The fourth-order valence-electron chi connectivity index (χ4n) is 0.583. The molecule has 0 N–H and O–H groups in total. The van der Waals surface area contributed by atoms with Gasteiger partial charge in [0.1, 0.15) is 0 Å². The summed E-state index contributed by atoms with van der Waals surface area (Å²) in [7, 11) is 0. The third-order valence-corrected chi connectivity index (χ3v) is 1.39. The Morgan fingerprint density at radius 1 is 1.12 bits per heavy atom. The Morgan fingerprint density at radius 2 is 1.75 bits per heavy atom. The second-order valence-corrected chi connectivity index (χ2v) is 1.96. The molecule has 0 aliphatic carbocycles. The van der Waals surface area contributed by atoms with Gasteiger partial charge in [-0.15, -0.1) is 0 Å². The number of hydrogen-bond donors (Lipinski definition) is 1. The van der Waals surface area contributed by atoms with Gasteiger partial charge in [0.05, 0.1) is 0 Å². The van der Waals surface area contributed by atoms with Crippen LogP contribution in [0.25, 0.3) is 0 Å². The number of benzene rings is 1. The largest absolute Gasteiger partial charge is 0.225 e. The third-order valence-electron chi connectivity index (χ3n) is 1.03. The van der Waals surface area contributed by atoms with E-state index in [1.807, 2.05) is 18.2 Å². The molecule has 0 saturated carbocycles. The fraction of sp³-hybridized carbons (Fsp3) is 0. The molecule has 0 radical (unpaired) electrons. The molecule has 0 bridgehead atoms. The summed E-state index contributed by atoms with van der Waals surface area (Å²) in [6.45, 7) is 0.834. The first kappa shape index (κ1) is 5.77. The van der Waals surface area contributed by atoms with E-state index in [1.165, 1.54) is 5.46 Å². The molecule has 0 fully saturated rings. The molecular weight excluding hydrogens is 115 g/mol. The highest BCUT2D eigenvalue weighted by Crippen LogP contribution is 1.81. The molecule has 0 nitrogen and oxygen atoms in total. The van der Waals surface area contributed by atoms with Crippen LogP contribution in [-0.2, 0) is 0 Å². The molecular formula is C6H7BS. The Labute approximate surface area is 55.5 Å². The first-order valence-corrected chi connectivity index (χ1v) is 3.21. The lowest BCUT2D eigenvalue weighted by Crippen LogP contribution is -2.05. The van der Waals surface area contributed by atoms with Crippen LogP contribution in [0.3, 0.4) is 0 Å². The van der Waals surface area contributed by atoms with Gasteiger partial charge in [-0.05, 0) is 0 Å². The van der Waals surface area contributed by atoms with Crippen molar-refractivity contribution in [1.29, 1.82) is 0 Å². The van der Waals surface area contributed by atoms with Gasteiger partial charge in [-0.3, -0.25) is 0 Å². The lowest BCUT2D eigenvalue weighted by molar-refractivity contribution is 1.77. The zero-order valence-corrected chi connectivity index (χ0v) is 5.44. The maximum atomic E-state index is 4.11. The molecule has 8 heavy (non-hydrogen) atoms. The normalized spacial score (nSPS) is 8.62. The van der Waals surface area contributed by atoms with E-state index in [0.29, 0.717) is 0 Å². The van der Waals surface area contributed by atoms with Crippen LogP contribution in [0.2, 0.25) is 0 Å². The Balaban J connectivity index is 2.83. The second kappa shape index (κ2) is 2.83. The Morgan fingerprint density at radius 3 is 2.12 bits per heavy atom. The zero-order valence-electron chi connectivity index (χ0n) is 4.54. The number of rotatable bonds is 1. The van der Waals surface area contributed by atoms with Crippen molar-refractivity contribution in [2.24, 2.45) is 0 Å². The summed E-state index contributed by atoms with van der Waals surface area (Å²) in [6, 6.07) is 10.2. The molecule has 1 rings (SSSR count). The highest BCUT2D eigenvalue weighted by Gasteiger charge is 1.83. The average Bonchev–Trinajstić information content (AvgIpc) is 1.90. The molecule has 0 aliphatic heterocycles. The number of hydrogen-bond acceptors (Lipinski definition) is 1. The standard InChI is InChI=1S/C6H7BS/c8-7-6-4-2-1-3-5-6/h1-5,7-8H. The summed E-state index contributed by atoms with van der Waals surface area (Å²) < 4.78 is 0. The molecule has 0 aromatic heterocycles. The monoisotopic (exact) mass is 122 g/mol. The van der Waals surface area contributed by atoms with Gasteiger partial charge in [0, 0.05) is 0 Å². The molecule has 1 aromatic rings. The van der Waals surface area contributed by atoms with E-state index < -0.39 is 0 Å².